The third kappa shape index (κ3) is 4.14. The maximum absolute atomic E-state index is 12.5. The van der Waals surface area contributed by atoms with Gasteiger partial charge in [-0.15, -0.1) is 0 Å². The highest BCUT2D eigenvalue weighted by molar-refractivity contribution is 6.31. The lowest BCUT2D eigenvalue weighted by atomic mass is 9.82. The fourth-order valence-electron chi connectivity index (χ4n) is 2.68. The van der Waals surface area contributed by atoms with Crippen LogP contribution in [0.3, 0.4) is 0 Å². The van der Waals surface area contributed by atoms with E-state index in [1.54, 1.807) is 25.1 Å². The second kappa shape index (κ2) is 7.97. The van der Waals surface area contributed by atoms with E-state index in [4.69, 9.17) is 11.6 Å². The minimum Gasteiger partial charge on any atom is -0.481 e. The predicted molar refractivity (Wildman–Crippen MR) is 91.1 cm³/mol. The van der Waals surface area contributed by atoms with Gasteiger partial charge >= 0.3 is 5.97 Å². The highest BCUT2D eigenvalue weighted by Crippen LogP contribution is 2.28. The van der Waals surface area contributed by atoms with Crippen LogP contribution in [-0.4, -0.2) is 29.4 Å². The van der Waals surface area contributed by atoms with Gasteiger partial charge in [0.05, 0.1) is 23.1 Å². The molecule has 0 radical (unpaired) electrons. The van der Waals surface area contributed by atoms with Crippen molar-refractivity contribution in [3.05, 3.63) is 40.9 Å². The quantitative estimate of drug-likeness (QED) is 0.711. The Labute approximate surface area is 144 Å². The van der Waals surface area contributed by atoms with Gasteiger partial charge in [-0.1, -0.05) is 23.8 Å². The lowest BCUT2D eigenvalue weighted by Crippen LogP contribution is -2.35. The van der Waals surface area contributed by atoms with E-state index >= 15 is 0 Å². The van der Waals surface area contributed by atoms with Gasteiger partial charge in [-0.05, 0) is 38.0 Å². The first kappa shape index (κ1) is 18.0. The van der Waals surface area contributed by atoms with Crippen molar-refractivity contribution in [2.45, 2.75) is 19.8 Å². The summed E-state index contributed by atoms with van der Waals surface area (Å²) in [5, 5.41) is 15.0. The zero-order valence-corrected chi connectivity index (χ0v) is 14.0. The highest BCUT2D eigenvalue weighted by atomic mass is 35.5. The summed E-state index contributed by atoms with van der Waals surface area (Å²) in [5.41, 5.74) is 0.560. The number of carbonyl (C=O) groups is 3. The monoisotopic (exact) mass is 350 g/mol. The van der Waals surface area contributed by atoms with Crippen molar-refractivity contribution in [1.82, 2.24) is 5.32 Å². The predicted octanol–water partition coefficient (Wildman–Crippen LogP) is 2.70. The molecule has 2 amide bonds. The molecule has 0 saturated carbocycles. The molecule has 0 aliphatic heterocycles. The molecule has 6 nitrogen and oxygen atoms in total. The third-order valence-corrected chi connectivity index (χ3v) is 4.14. The molecule has 0 fully saturated rings. The van der Waals surface area contributed by atoms with E-state index in [2.05, 4.69) is 10.6 Å². The third-order valence-electron chi connectivity index (χ3n) is 3.91. The van der Waals surface area contributed by atoms with Crippen molar-refractivity contribution >= 4 is 35.1 Å². The van der Waals surface area contributed by atoms with Gasteiger partial charge in [-0.25, -0.2) is 0 Å². The van der Waals surface area contributed by atoms with Crippen LogP contribution >= 0.6 is 11.6 Å². The van der Waals surface area contributed by atoms with Crippen molar-refractivity contribution in [3.63, 3.8) is 0 Å². The number of nitrogens with one attached hydrogen (secondary N) is 2. The van der Waals surface area contributed by atoms with Gasteiger partial charge in [0, 0.05) is 11.6 Å². The molecule has 2 atom stereocenters. The van der Waals surface area contributed by atoms with Gasteiger partial charge in [0.1, 0.15) is 0 Å². The van der Waals surface area contributed by atoms with E-state index in [0.29, 0.717) is 24.4 Å². The van der Waals surface area contributed by atoms with E-state index in [1.807, 2.05) is 0 Å². The van der Waals surface area contributed by atoms with Crippen molar-refractivity contribution < 1.29 is 19.5 Å². The number of carboxylic acid groups (broad SMARTS) is 1. The number of amides is 2. The molecule has 3 N–H and O–H groups in total. The topological polar surface area (TPSA) is 95.5 Å². The Morgan fingerprint density at radius 3 is 2.50 bits per heavy atom. The smallest absolute Gasteiger partial charge is 0.307 e. The number of halogens is 1. The minimum atomic E-state index is -1.01. The molecule has 1 aliphatic carbocycles. The number of rotatable bonds is 5. The average molecular weight is 351 g/mol. The Hall–Kier alpha value is -2.34. The summed E-state index contributed by atoms with van der Waals surface area (Å²) in [5.74, 6) is -3.23. The molecule has 0 heterocycles. The van der Waals surface area contributed by atoms with Crippen molar-refractivity contribution in [1.29, 1.82) is 0 Å². The van der Waals surface area contributed by atoms with Crippen molar-refractivity contribution in [2.75, 3.05) is 11.9 Å². The normalized spacial score (nSPS) is 19.6. The maximum Gasteiger partial charge on any atom is 0.307 e. The second-order valence-corrected chi connectivity index (χ2v) is 5.97. The molecule has 7 heteroatoms. The van der Waals surface area contributed by atoms with Crippen LogP contribution in [0.1, 0.15) is 30.1 Å². The lowest BCUT2D eigenvalue weighted by molar-refractivity contribution is -0.146. The number of hydrogen-bond acceptors (Lipinski definition) is 3. The summed E-state index contributed by atoms with van der Waals surface area (Å²) < 4.78 is 0. The Bertz CT molecular complexity index is 687. The van der Waals surface area contributed by atoms with Crippen LogP contribution in [0.25, 0.3) is 0 Å². The first-order valence-corrected chi connectivity index (χ1v) is 8.08. The zero-order valence-electron chi connectivity index (χ0n) is 13.2. The standard InChI is InChI=1S/C17H19ClN2O4/c1-2-19-15(21)13-8-7-10(18)9-14(13)20-16(22)11-5-3-4-6-12(11)17(23)24/h3-4,7-9,11-12H,2,5-6H2,1H3,(H,19,21)(H,20,22)(H,23,24). The van der Waals surface area contributed by atoms with Crippen LogP contribution in [0.5, 0.6) is 0 Å². The summed E-state index contributed by atoms with van der Waals surface area (Å²) in [4.78, 5) is 36.0. The Morgan fingerprint density at radius 2 is 1.88 bits per heavy atom. The Kier molecular flexibility index (Phi) is 5.98. The van der Waals surface area contributed by atoms with Crippen LogP contribution in [0.4, 0.5) is 5.69 Å². The summed E-state index contributed by atoms with van der Waals surface area (Å²) >= 11 is 5.96. The molecule has 0 bridgehead atoms. The maximum atomic E-state index is 12.5. The summed E-state index contributed by atoms with van der Waals surface area (Å²) in [7, 11) is 0. The highest BCUT2D eigenvalue weighted by Gasteiger charge is 2.34. The Morgan fingerprint density at radius 1 is 1.21 bits per heavy atom. The van der Waals surface area contributed by atoms with Gasteiger partial charge < -0.3 is 15.7 Å². The average Bonchev–Trinajstić information content (AvgIpc) is 2.55. The fourth-order valence-corrected chi connectivity index (χ4v) is 2.85. The van der Waals surface area contributed by atoms with E-state index in [1.165, 1.54) is 12.1 Å². The van der Waals surface area contributed by atoms with E-state index in [-0.39, 0.29) is 17.2 Å². The molecule has 128 valence electrons. The molecular formula is C17H19ClN2O4. The number of benzene rings is 1. The van der Waals surface area contributed by atoms with Gasteiger partial charge in [0.25, 0.3) is 5.91 Å². The number of carboxylic acids is 1. The largest absolute Gasteiger partial charge is 0.481 e. The van der Waals surface area contributed by atoms with Gasteiger partial charge in [0.2, 0.25) is 5.91 Å². The van der Waals surface area contributed by atoms with Gasteiger partial charge in [-0.3, -0.25) is 14.4 Å². The first-order valence-electron chi connectivity index (χ1n) is 7.70. The van der Waals surface area contributed by atoms with Crippen LogP contribution in [0.2, 0.25) is 5.02 Å². The van der Waals surface area contributed by atoms with E-state index in [9.17, 15) is 19.5 Å². The van der Waals surface area contributed by atoms with Crippen molar-refractivity contribution in [2.24, 2.45) is 11.8 Å². The molecule has 1 aliphatic rings. The molecular weight excluding hydrogens is 332 g/mol. The van der Waals surface area contributed by atoms with Gasteiger partial charge in [-0.2, -0.15) is 0 Å². The Balaban J connectivity index is 2.24. The molecule has 1 aromatic rings. The molecule has 0 saturated heterocycles. The molecule has 2 unspecified atom stereocenters. The number of aliphatic carboxylic acids is 1. The summed E-state index contributed by atoms with van der Waals surface area (Å²) in [6.07, 6.45) is 4.22. The van der Waals surface area contributed by atoms with Gasteiger partial charge in [0.15, 0.2) is 0 Å². The fraction of sp³-hybridized carbons (Fsp3) is 0.353. The summed E-state index contributed by atoms with van der Waals surface area (Å²) in [6.45, 7) is 2.24. The molecule has 2 rings (SSSR count). The van der Waals surface area contributed by atoms with Crippen LogP contribution in [0, 0.1) is 11.8 Å². The second-order valence-electron chi connectivity index (χ2n) is 5.53. The summed E-state index contributed by atoms with van der Waals surface area (Å²) in [6, 6.07) is 4.57. The number of hydrogen-bond donors (Lipinski definition) is 3. The first-order chi connectivity index (χ1) is 11.4. The SMILES string of the molecule is CCNC(=O)c1ccc(Cl)cc1NC(=O)C1CC=CCC1C(=O)O. The minimum absolute atomic E-state index is 0.275. The molecule has 24 heavy (non-hydrogen) atoms. The molecule has 1 aromatic carbocycles. The van der Waals surface area contributed by atoms with E-state index in [0.717, 1.165) is 0 Å². The zero-order chi connectivity index (χ0) is 17.7. The number of carbonyl (C=O) groups excluding carboxylic acids is 2. The molecule has 0 spiro atoms. The van der Waals surface area contributed by atoms with Crippen LogP contribution < -0.4 is 10.6 Å². The van der Waals surface area contributed by atoms with Crippen molar-refractivity contribution in [3.8, 4) is 0 Å². The molecule has 0 aromatic heterocycles. The van der Waals surface area contributed by atoms with E-state index < -0.39 is 23.7 Å². The van der Waals surface area contributed by atoms with Crippen LogP contribution in [0.15, 0.2) is 30.4 Å². The number of allylic oxidation sites excluding steroid dienone is 2. The lowest BCUT2D eigenvalue weighted by Gasteiger charge is -2.24. The van der Waals surface area contributed by atoms with Crippen LogP contribution in [-0.2, 0) is 9.59 Å². The number of anilines is 1.